The van der Waals surface area contributed by atoms with Gasteiger partial charge >= 0.3 is 12.1 Å². The lowest BCUT2D eigenvalue weighted by Gasteiger charge is -2.19. The molecule has 0 amide bonds. The van der Waals surface area contributed by atoms with Crippen molar-refractivity contribution >= 4 is 5.97 Å². The third-order valence-electron chi connectivity index (χ3n) is 2.02. The fraction of sp³-hybridized carbons (Fsp3) is 0.364. The molecule has 0 fully saturated rings. The van der Waals surface area contributed by atoms with E-state index >= 15 is 0 Å². The zero-order chi connectivity index (χ0) is 12.9. The highest BCUT2D eigenvalue weighted by atomic mass is 19.4. The molecule has 1 N–H and O–H groups in total. The molecule has 0 bridgehead atoms. The minimum Gasteiger partial charge on any atom is -0.481 e. The average Bonchev–Trinajstić information content (AvgIpc) is 2.23. The molecule has 0 aliphatic heterocycles. The van der Waals surface area contributed by atoms with Crippen molar-refractivity contribution in [1.29, 1.82) is 0 Å². The summed E-state index contributed by atoms with van der Waals surface area (Å²) in [5, 5.41) is 8.36. The zero-order valence-electron chi connectivity index (χ0n) is 8.78. The second-order valence-corrected chi connectivity index (χ2v) is 3.42. The molecule has 1 atom stereocenters. The predicted molar refractivity (Wildman–Crippen MR) is 53.3 cm³/mol. The molecule has 0 aliphatic carbocycles. The Kier molecular flexibility index (Phi) is 4.51. The molecule has 1 aromatic rings. The van der Waals surface area contributed by atoms with Gasteiger partial charge in [-0.15, -0.1) is 0 Å². The van der Waals surface area contributed by atoms with Gasteiger partial charge in [-0.2, -0.15) is 13.2 Å². The Bertz CT molecular complexity index is 362. The van der Waals surface area contributed by atoms with Gasteiger partial charge in [0.2, 0.25) is 0 Å². The van der Waals surface area contributed by atoms with E-state index in [0.717, 1.165) is 0 Å². The molecule has 3 nitrogen and oxygen atoms in total. The average molecular weight is 248 g/mol. The van der Waals surface area contributed by atoms with E-state index in [1.807, 2.05) is 0 Å². The van der Waals surface area contributed by atoms with Crippen molar-refractivity contribution in [2.24, 2.45) is 0 Å². The number of ether oxygens (including phenoxy) is 1. The zero-order valence-corrected chi connectivity index (χ0v) is 8.78. The summed E-state index contributed by atoms with van der Waals surface area (Å²) < 4.78 is 41.8. The quantitative estimate of drug-likeness (QED) is 0.871. The summed E-state index contributed by atoms with van der Waals surface area (Å²) in [6.45, 7) is -0.266. The van der Waals surface area contributed by atoms with Crippen molar-refractivity contribution in [3.8, 4) is 0 Å². The van der Waals surface area contributed by atoms with Gasteiger partial charge in [-0.05, 0) is 5.56 Å². The summed E-state index contributed by atoms with van der Waals surface area (Å²) >= 11 is 0. The second-order valence-electron chi connectivity index (χ2n) is 3.42. The van der Waals surface area contributed by atoms with Gasteiger partial charge in [0.25, 0.3) is 0 Å². The molecule has 0 saturated carbocycles. The van der Waals surface area contributed by atoms with Crippen molar-refractivity contribution in [3.63, 3.8) is 0 Å². The number of benzene rings is 1. The Morgan fingerprint density at radius 1 is 1.29 bits per heavy atom. The van der Waals surface area contributed by atoms with Crippen molar-refractivity contribution in [3.05, 3.63) is 35.9 Å². The van der Waals surface area contributed by atoms with Crippen LogP contribution in [0.1, 0.15) is 12.0 Å². The monoisotopic (exact) mass is 248 g/mol. The Morgan fingerprint density at radius 3 is 2.35 bits per heavy atom. The summed E-state index contributed by atoms with van der Waals surface area (Å²) in [5.74, 6) is -1.54. The van der Waals surface area contributed by atoms with Crippen molar-refractivity contribution in [2.75, 3.05) is 0 Å². The summed E-state index contributed by atoms with van der Waals surface area (Å²) in [5.41, 5.74) is 0.562. The summed E-state index contributed by atoms with van der Waals surface area (Å²) in [7, 11) is 0. The number of hydrogen-bond acceptors (Lipinski definition) is 2. The van der Waals surface area contributed by atoms with Gasteiger partial charge in [0.1, 0.15) is 0 Å². The number of aliphatic carboxylic acids is 1. The lowest BCUT2D eigenvalue weighted by Crippen LogP contribution is -2.33. The van der Waals surface area contributed by atoms with Gasteiger partial charge < -0.3 is 9.84 Å². The fourth-order valence-corrected chi connectivity index (χ4v) is 1.20. The molecule has 17 heavy (non-hydrogen) atoms. The van der Waals surface area contributed by atoms with Crippen molar-refractivity contribution < 1.29 is 27.8 Å². The first-order valence-electron chi connectivity index (χ1n) is 4.83. The van der Waals surface area contributed by atoms with E-state index in [9.17, 15) is 18.0 Å². The minimum atomic E-state index is -4.67. The van der Waals surface area contributed by atoms with Gasteiger partial charge in [-0.1, -0.05) is 30.3 Å². The van der Waals surface area contributed by atoms with Gasteiger partial charge in [-0.25, -0.2) is 0 Å². The van der Waals surface area contributed by atoms with E-state index in [1.165, 1.54) is 0 Å². The highest BCUT2D eigenvalue weighted by Crippen LogP contribution is 2.26. The molecule has 0 aliphatic rings. The molecule has 0 radical (unpaired) electrons. The molecule has 0 heterocycles. The smallest absolute Gasteiger partial charge is 0.415 e. The van der Waals surface area contributed by atoms with E-state index in [4.69, 9.17) is 5.11 Å². The van der Waals surface area contributed by atoms with E-state index in [2.05, 4.69) is 4.74 Å². The van der Waals surface area contributed by atoms with Gasteiger partial charge in [0.15, 0.2) is 6.10 Å². The first-order valence-corrected chi connectivity index (χ1v) is 4.83. The van der Waals surface area contributed by atoms with Crippen LogP contribution in [0, 0.1) is 0 Å². The number of carbonyl (C=O) groups is 1. The number of alkyl halides is 3. The predicted octanol–water partition coefficient (Wildman–Crippen LogP) is 2.61. The second kappa shape index (κ2) is 5.67. The van der Waals surface area contributed by atoms with Crippen molar-refractivity contribution in [2.45, 2.75) is 25.3 Å². The molecular formula is C11H11F3O3. The number of halogens is 3. The first-order chi connectivity index (χ1) is 7.89. The van der Waals surface area contributed by atoms with Gasteiger partial charge in [0, 0.05) is 0 Å². The van der Waals surface area contributed by atoms with Crippen LogP contribution in [0.25, 0.3) is 0 Å². The number of rotatable bonds is 5. The van der Waals surface area contributed by atoms with Gasteiger partial charge in [-0.3, -0.25) is 4.79 Å². The highest BCUT2D eigenvalue weighted by Gasteiger charge is 2.42. The van der Waals surface area contributed by atoms with E-state index in [0.29, 0.717) is 5.56 Å². The van der Waals surface area contributed by atoms with Crippen LogP contribution in [0.4, 0.5) is 13.2 Å². The molecular weight excluding hydrogens is 237 g/mol. The Morgan fingerprint density at radius 2 is 1.88 bits per heavy atom. The maximum atomic E-state index is 12.4. The molecule has 6 heteroatoms. The maximum Gasteiger partial charge on any atom is 0.415 e. The molecule has 0 aromatic heterocycles. The molecule has 0 spiro atoms. The van der Waals surface area contributed by atoms with Crippen LogP contribution < -0.4 is 0 Å². The Labute approximate surface area is 95.8 Å². The van der Waals surface area contributed by atoms with Crippen LogP contribution in [-0.4, -0.2) is 23.4 Å². The van der Waals surface area contributed by atoms with Crippen molar-refractivity contribution in [1.82, 2.24) is 0 Å². The SMILES string of the molecule is O=C(O)CC(OCc1ccccc1)C(F)(F)F. The number of carboxylic acids is 1. The van der Waals surface area contributed by atoms with Crippen LogP contribution in [0.2, 0.25) is 0 Å². The van der Waals surface area contributed by atoms with Crippen LogP contribution in [-0.2, 0) is 16.1 Å². The third-order valence-corrected chi connectivity index (χ3v) is 2.02. The molecule has 94 valence electrons. The van der Waals surface area contributed by atoms with E-state index in [-0.39, 0.29) is 6.61 Å². The Balaban J connectivity index is 2.59. The fourth-order valence-electron chi connectivity index (χ4n) is 1.20. The lowest BCUT2D eigenvalue weighted by molar-refractivity contribution is -0.227. The summed E-state index contributed by atoms with van der Waals surface area (Å²) in [6, 6.07) is 8.27. The van der Waals surface area contributed by atoms with Crippen LogP contribution in [0.3, 0.4) is 0 Å². The van der Waals surface area contributed by atoms with Gasteiger partial charge in [0.05, 0.1) is 13.0 Å². The summed E-state index contributed by atoms with van der Waals surface area (Å²) in [4.78, 5) is 10.3. The maximum absolute atomic E-state index is 12.4. The molecule has 1 unspecified atom stereocenters. The molecule has 1 aromatic carbocycles. The largest absolute Gasteiger partial charge is 0.481 e. The summed E-state index contributed by atoms with van der Waals surface area (Å²) in [6.07, 6.45) is -8.04. The topological polar surface area (TPSA) is 46.5 Å². The normalized spacial score (nSPS) is 13.4. The highest BCUT2D eigenvalue weighted by molar-refractivity contribution is 5.67. The van der Waals surface area contributed by atoms with Crippen LogP contribution in [0.5, 0.6) is 0 Å². The standard InChI is InChI=1S/C11H11F3O3/c12-11(13,14)9(6-10(15)16)17-7-8-4-2-1-3-5-8/h1-5,9H,6-7H2,(H,15,16). The van der Waals surface area contributed by atoms with E-state index < -0.39 is 24.7 Å². The third kappa shape index (κ3) is 4.86. The van der Waals surface area contributed by atoms with E-state index in [1.54, 1.807) is 30.3 Å². The molecule has 1 rings (SSSR count). The first kappa shape index (κ1) is 13.5. The van der Waals surface area contributed by atoms with Crippen LogP contribution >= 0.6 is 0 Å². The minimum absolute atomic E-state index is 0.266. The number of carboxylic acid groups (broad SMARTS) is 1. The Hall–Kier alpha value is -1.56. The van der Waals surface area contributed by atoms with Crippen LogP contribution in [0.15, 0.2) is 30.3 Å². The lowest BCUT2D eigenvalue weighted by atomic mass is 10.2. The number of hydrogen-bond donors (Lipinski definition) is 1. The molecule has 0 saturated heterocycles.